The van der Waals surface area contributed by atoms with Gasteiger partial charge in [0.25, 0.3) is 0 Å². The van der Waals surface area contributed by atoms with Crippen LogP contribution in [0.25, 0.3) is 6.08 Å². The molecular weight excluding hydrogens is 168 g/mol. The number of hydrogen-bond donors (Lipinski definition) is 0. The van der Waals surface area contributed by atoms with Gasteiger partial charge in [-0.3, -0.25) is 4.68 Å². The predicted molar refractivity (Wildman–Crippen MR) is 49.0 cm³/mol. The van der Waals surface area contributed by atoms with Crippen LogP contribution in [-0.4, -0.2) is 22.9 Å². The highest BCUT2D eigenvalue weighted by molar-refractivity contribution is 5.87. The molecule has 0 atom stereocenters. The molecule has 0 saturated heterocycles. The number of carbonyl (C=O) groups excluding carboxylic acids is 1. The van der Waals surface area contributed by atoms with Crippen molar-refractivity contribution in [2.75, 3.05) is 7.11 Å². The van der Waals surface area contributed by atoms with Crippen molar-refractivity contribution in [3.05, 3.63) is 23.5 Å². The first-order valence-corrected chi connectivity index (χ1v) is 3.89. The van der Waals surface area contributed by atoms with Crippen molar-refractivity contribution in [3.8, 4) is 0 Å². The van der Waals surface area contributed by atoms with Crippen molar-refractivity contribution in [1.82, 2.24) is 9.78 Å². The molecule has 4 heteroatoms. The molecule has 0 aliphatic heterocycles. The molecule has 13 heavy (non-hydrogen) atoms. The molecule has 0 fully saturated rings. The van der Waals surface area contributed by atoms with Gasteiger partial charge in [0.2, 0.25) is 0 Å². The summed E-state index contributed by atoms with van der Waals surface area (Å²) in [6.07, 6.45) is 4.77. The third-order valence-corrected chi connectivity index (χ3v) is 1.87. The highest BCUT2D eigenvalue weighted by atomic mass is 16.5. The van der Waals surface area contributed by atoms with Gasteiger partial charge in [-0.2, -0.15) is 5.10 Å². The molecule has 70 valence electrons. The lowest BCUT2D eigenvalue weighted by atomic mass is 10.2. The zero-order chi connectivity index (χ0) is 9.84. The van der Waals surface area contributed by atoms with Crippen molar-refractivity contribution in [2.45, 2.75) is 6.92 Å². The first kappa shape index (κ1) is 9.51. The van der Waals surface area contributed by atoms with E-state index in [0.717, 1.165) is 11.3 Å². The molecule has 0 amide bonds. The smallest absolute Gasteiger partial charge is 0.330 e. The van der Waals surface area contributed by atoms with Gasteiger partial charge in [-0.1, -0.05) is 0 Å². The summed E-state index contributed by atoms with van der Waals surface area (Å²) in [5.74, 6) is -0.358. The minimum Gasteiger partial charge on any atom is -0.466 e. The van der Waals surface area contributed by atoms with Crippen LogP contribution >= 0.6 is 0 Å². The number of aryl methyl sites for hydroxylation is 1. The van der Waals surface area contributed by atoms with Crippen molar-refractivity contribution in [3.63, 3.8) is 0 Å². The summed E-state index contributed by atoms with van der Waals surface area (Å²) in [5.41, 5.74) is 1.94. The Hall–Kier alpha value is -1.58. The van der Waals surface area contributed by atoms with Crippen LogP contribution in [0.3, 0.4) is 0 Å². The van der Waals surface area contributed by atoms with E-state index in [2.05, 4.69) is 9.84 Å². The Labute approximate surface area is 76.8 Å². The van der Waals surface area contributed by atoms with E-state index in [-0.39, 0.29) is 5.97 Å². The Morgan fingerprint density at radius 2 is 2.38 bits per heavy atom. The van der Waals surface area contributed by atoms with Gasteiger partial charge in [-0.15, -0.1) is 0 Å². The quantitative estimate of drug-likeness (QED) is 0.502. The fourth-order valence-corrected chi connectivity index (χ4v) is 0.905. The van der Waals surface area contributed by atoms with Gasteiger partial charge in [0.15, 0.2) is 0 Å². The SMILES string of the molecule is COC(=O)/C=C/c1cnn(C)c1C. The van der Waals surface area contributed by atoms with E-state index in [4.69, 9.17) is 0 Å². The lowest BCUT2D eigenvalue weighted by molar-refractivity contribution is -0.134. The topological polar surface area (TPSA) is 44.1 Å². The standard InChI is InChI=1S/C9H12N2O2/c1-7-8(6-10-11(7)2)4-5-9(12)13-3/h4-6H,1-3H3/b5-4+. The molecule has 0 aromatic carbocycles. The van der Waals surface area contributed by atoms with E-state index >= 15 is 0 Å². The molecule has 1 aromatic rings. The third kappa shape index (κ3) is 2.18. The van der Waals surface area contributed by atoms with Gasteiger partial charge < -0.3 is 4.74 Å². The van der Waals surface area contributed by atoms with E-state index < -0.39 is 0 Å². The van der Waals surface area contributed by atoms with Gasteiger partial charge in [0, 0.05) is 24.4 Å². The average Bonchev–Trinajstić information content (AvgIpc) is 2.44. The molecule has 1 rings (SSSR count). The number of hydrogen-bond acceptors (Lipinski definition) is 3. The van der Waals surface area contributed by atoms with Crippen LogP contribution in [0.2, 0.25) is 0 Å². The monoisotopic (exact) mass is 180 g/mol. The normalized spacial score (nSPS) is 10.7. The van der Waals surface area contributed by atoms with E-state index in [0.29, 0.717) is 0 Å². The Balaban J connectivity index is 2.80. The highest BCUT2D eigenvalue weighted by Gasteiger charge is 1.99. The van der Waals surface area contributed by atoms with Crippen molar-refractivity contribution in [1.29, 1.82) is 0 Å². The summed E-state index contributed by atoms with van der Waals surface area (Å²) in [7, 11) is 3.20. The molecule has 0 bridgehead atoms. The third-order valence-electron chi connectivity index (χ3n) is 1.87. The van der Waals surface area contributed by atoms with Crippen LogP contribution in [0.1, 0.15) is 11.3 Å². The van der Waals surface area contributed by atoms with Gasteiger partial charge in [-0.05, 0) is 13.0 Å². The second-order valence-corrected chi connectivity index (χ2v) is 2.67. The first-order valence-electron chi connectivity index (χ1n) is 3.89. The zero-order valence-corrected chi connectivity index (χ0v) is 7.94. The Bertz CT molecular complexity index is 339. The molecule has 1 aromatic heterocycles. The average molecular weight is 180 g/mol. The highest BCUT2D eigenvalue weighted by Crippen LogP contribution is 2.07. The molecule has 0 aliphatic carbocycles. The first-order chi connectivity index (χ1) is 6.15. The Kier molecular flexibility index (Phi) is 2.84. The van der Waals surface area contributed by atoms with Crippen LogP contribution in [0.4, 0.5) is 0 Å². The Morgan fingerprint density at radius 3 is 2.85 bits per heavy atom. The fraction of sp³-hybridized carbons (Fsp3) is 0.333. The number of ether oxygens (including phenoxy) is 1. The number of aromatic nitrogens is 2. The lowest BCUT2D eigenvalue weighted by Crippen LogP contribution is -1.94. The number of nitrogens with zero attached hydrogens (tertiary/aromatic N) is 2. The summed E-state index contributed by atoms with van der Waals surface area (Å²) in [6, 6.07) is 0. The predicted octanol–water partition coefficient (Wildman–Crippen LogP) is 0.915. The van der Waals surface area contributed by atoms with Crippen LogP contribution < -0.4 is 0 Å². The van der Waals surface area contributed by atoms with Crippen molar-refractivity contribution in [2.24, 2.45) is 7.05 Å². The van der Waals surface area contributed by atoms with E-state index in [1.165, 1.54) is 13.2 Å². The molecule has 4 nitrogen and oxygen atoms in total. The molecule has 0 aliphatic rings. The maximum absolute atomic E-state index is 10.8. The summed E-state index contributed by atoms with van der Waals surface area (Å²) in [4.78, 5) is 10.8. The maximum atomic E-state index is 10.8. The summed E-state index contributed by atoms with van der Waals surface area (Å²) < 4.78 is 6.21. The molecular formula is C9H12N2O2. The van der Waals surface area contributed by atoms with E-state index in [1.54, 1.807) is 17.0 Å². The Morgan fingerprint density at radius 1 is 1.69 bits per heavy atom. The van der Waals surface area contributed by atoms with Gasteiger partial charge in [0.05, 0.1) is 13.3 Å². The number of carbonyl (C=O) groups is 1. The maximum Gasteiger partial charge on any atom is 0.330 e. The van der Waals surface area contributed by atoms with Crippen LogP contribution in [0, 0.1) is 6.92 Å². The summed E-state index contributed by atoms with van der Waals surface area (Å²) in [6.45, 7) is 1.93. The number of esters is 1. The summed E-state index contributed by atoms with van der Waals surface area (Å²) in [5, 5.41) is 4.03. The number of methoxy groups -OCH3 is 1. The van der Waals surface area contributed by atoms with E-state index in [9.17, 15) is 4.79 Å². The van der Waals surface area contributed by atoms with Gasteiger partial charge >= 0.3 is 5.97 Å². The van der Waals surface area contributed by atoms with Gasteiger partial charge in [0.1, 0.15) is 0 Å². The van der Waals surface area contributed by atoms with Crippen molar-refractivity contribution >= 4 is 12.0 Å². The second-order valence-electron chi connectivity index (χ2n) is 2.67. The molecule has 0 radical (unpaired) electrons. The lowest BCUT2D eigenvalue weighted by Gasteiger charge is -1.93. The largest absolute Gasteiger partial charge is 0.466 e. The fourth-order valence-electron chi connectivity index (χ4n) is 0.905. The van der Waals surface area contributed by atoms with Gasteiger partial charge in [-0.25, -0.2) is 4.79 Å². The summed E-state index contributed by atoms with van der Waals surface area (Å²) >= 11 is 0. The van der Waals surface area contributed by atoms with Crippen molar-refractivity contribution < 1.29 is 9.53 Å². The molecule has 1 heterocycles. The molecule has 0 N–H and O–H groups in total. The number of rotatable bonds is 2. The molecule has 0 unspecified atom stereocenters. The van der Waals surface area contributed by atoms with Crippen LogP contribution in [-0.2, 0) is 16.6 Å². The zero-order valence-electron chi connectivity index (χ0n) is 7.94. The van der Waals surface area contributed by atoms with Crippen LogP contribution in [0.15, 0.2) is 12.3 Å². The molecule has 0 spiro atoms. The van der Waals surface area contributed by atoms with E-state index in [1.807, 2.05) is 14.0 Å². The minimum atomic E-state index is -0.358. The second kappa shape index (κ2) is 3.89. The minimum absolute atomic E-state index is 0.358. The molecule has 0 saturated carbocycles. The van der Waals surface area contributed by atoms with Crippen LogP contribution in [0.5, 0.6) is 0 Å².